The van der Waals surface area contributed by atoms with Gasteiger partial charge in [-0.2, -0.15) is 0 Å². The number of fused-ring (bicyclic) bond motifs is 1. The van der Waals surface area contributed by atoms with Gasteiger partial charge >= 0.3 is 5.97 Å². The van der Waals surface area contributed by atoms with Crippen LogP contribution in [0.4, 0.5) is 11.4 Å². The molecule has 0 spiro atoms. The molecule has 1 aliphatic heterocycles. The topological polar surface area (TPSA) is 102 Å². The third kappa shape index (κ3) is 4.98. The molecule has 144 valence electrons. The molecule has 0 fully saturated rings. The molecule has 2 aromatic rings. The number of para-hydroxylation sites is 1. The minimum atomic E-state index is -0.630. The lowest BCUT2D eigenvalue weighted by molar-refractivity contribution is -0.147. The van der Waals surface area contributed by atoms with Crippen LogP contribution in [0.2, 0.25) is 0 Å². The van der Waals surface area contributed by atoms with E-state index in [1.165, 1.54) is 18.7 Å². The van der Waals surface area contributed by atoms with Gasteiger partial charge in [0.15, 0.2) is 12.4 Å². The fraction of sp³-hybridized carbons (Fsp3) is 0.200. The smallest absolute Gasteiger partial charge is 0.307 e. The number of Topliss-reactive ketones (excluding diaryl/α,β-unsaturated/α-hetero) is 1. The van der Waals surface area contributed by atoms with E-state index in [0.29, 0.717) is 11.3 Å². The molecule has 8 heteroatoms. The molecule has 7 nitrogen and oxygen atoms in total. The number of benzene rings is 2. The van der Waals surface area contributed by atoms with Gasteiger partial charge in [0.05, 0.1) is 17.4 Å². The minimum absolute atomic E-state index is 0.0703. The average molecular weight is 398 g/mol. The zero-order valence-electron chi connectivity index (χ0n) is 15.1. The summed E-state index contributed by atoms with van der Waals surface area (Å²) in [6.07, 6.45) is -0.134. The molecule has 0 saturated heterocycles. The first-order valence-electron chi connectivity index (χ1n) is 8.55. The van der Waals surface area contributed by atoms with E-state index in [4.69, 9.17) is 4.74 Å². The second-order valence-corrected chi connectivity index (χ2v) is 7.38. The zero-order valence-corrected chi connectivity index (χ0v) is 15.9. The number of carbonyl (C=O) groups excluding carboxylic acids is 4. The number of carbonyl (C=O) groups is 4. The number of esters is 1. The van der Waals surface area contributed by atoms with Gasteiger partial charge in [0, 0.05) is 16.1 Å². The molecule has 1 atom stereocenters. The van der Waals surface area contributed by atoms with E-state index < -0.39 is 23.7 Å². The molecular formula is C20H18N2O5S. The molecule has 0 aliphatic carbocycles. The van der Waals surface area contributed by atoms with Crippen LogP contribution in [0.1, 0.15) is 23.7 Å². The predicted molar refractivity (Wildman–Crippen MR) is 105 cm³/mol. The molecule has 1 aliphatic rings. The van der Waals surface area contributed by atoms with Crippen LogP contribution in [-0.2, 0) is 19.1 Å². The summed E-state index contributed by atoms with van der Waals surface area (Å²) in [6, 6.07) is 13.7. The Morgan fingerprint density at radius 3 is 2.54 bits per heavy atom. The number of ketones is 1. The third-order valence-corrected chi connectivity index (χ3v) is 5.27. The maximum absolute atomic E-state index is 12.1. The Hall–Kier alpha value is -3.13. The molecule has 28 heavy (non-hydrogen) atoms. The van der Waals surface area contributed by atoms with Crippen molar-refractivity contribution in [2.75, 3.05) is 17.2 Å². The van der Waals surface area contributed by atoms with Gasteiger partial charge in [-0.05, 0) is 43.3 Å². The van der Waals surface area contributed by atoms with Gasteiger partial charge in [-0.3, -0.25) is 19.2 Å². The molecule has 0 unspecified atom stereocenters. The van der Waals surface area contributed by atoms with E-state index in [-0.39, 0.29) is 18.1 Å². The Kier molecular flexibility index (Phi) is 6.10. The maximum atomic E-state index is 12.1. The summed E-state index contributed by atoms with van der Waals surface area (Å²) < 4.78 is 4.98. The number of hydrogen-bond donors (Lipinski definition) is 2. The molecule has 2 amide bonds. The molecule has 2 N–H and O–H groups in total. The average Bonchev–Trinajstić information content (AvgIpc) is 2.67. The number of ether oxygens (including phenoxy) is 1. The monoisotopic (exact) mass is 398 g/mol. The molecule has 0 aromatic heterocycles. The summed E-state index contributed by atoms with van der Waals surface area (Å²) in [4.78, 5) is 48.1. The van der Waals surface area contributed by atoms with Crippen LogP contribution < -0.4 is 10.6 Å². The van der Waals surface area contributed by atoms with Gasteiger partial charge in [0.25, 0.3) is 5.91 Å². The molecule has 3 rings (SSSR count). The number of thioether (sulfide) groups is 1. The van der Waals surface area contributed by atoms with Crippen molar-refractivity contribution in [2.45, 2.75) is 23.5 Å². The van der Waals surface area contributed by atoms with Crippen molar-refractivity contribution in [3.8, 4) is 0 Å². The number of hydrogen-bond acceptors (Lipinski definition) is 6. The quantitative estimate of drug-likeness (QED) is 0.573. The highest BCUT2D eigenvalue weighted by molar-refractivity contribution is 8.01. The van der Waals surface area contributed by atoms with Gasteiger partial charge in [-0.15, -0.1) is 11.8 Å². The molecule has 2 aromatic carbocycles. The Labute approximate surface area is 165 Å². The predicted octanol–water partition coefficient (Wildman–Crippen LogP) is 2.87. The standard InChI is InChI=1S/C20H18N2O5S/c1-12(23)13-6-8-14(9-7-13)21-18(24)11-27-19(25)10-17-20(26)22-15-4-2-3-5-16(15)28-17/h2-9,17H,10-11H2,1H3,(H,21,24)(H,22,26)/t17-/m1/s1. The highest BCUT2D eigenvalue weighted by atomic mass is 32.2. The number of amides is 2. The Morgan fingerprint density at radius 2 is 1.82 bits per heavy atom. The summed E-state index contributed by atoms with van der Waals surface area (Å²) in [6.45, 7) is 0.999. The molecule has 0 saturated carbocycles. The van der Waals surface area contributed by atoms with Crippen LogP contribution in [0.25, 0.3) is 0 Å². The SMILES string of the molecule is CC(=O)c1ccc(NC(=O)COC(=O)C[C@H]2Sc3ccccc3NC2=O)cc1. The van der Waals surface area contributed by atoms with Gasteiger partial charge in [0.1, 0.15) is 0 Å². The van der Waals surface area contributed by atoms with E-state index in [9.17, 15) is 19.2 Å². The second kappa shape index (κ2) is 8.71. The van der Waals surface area contributed by atoms with Crippen LogP contribution in [0, 0.1) is 0 Å². The lowest BCUT2D eigenvalue weighted by Gasteiger charge is -2.23. The lowest BCUT2D eigenvalue weighted by atomic mass is 10.1. The number of rotatable bonds is 6. The van der Waals surface area contributed by atoms with Crippen molar-refractivity contribution in [2.24, 2.45) is 0 Å². The van der Waals surface area contributed by atoms with Crippen molar-refractivity contribution in [1.29, 1.82) is 0 Å². The van der Waals surface area contributed by atoms with Crippen LogP contribution in [0.5, 0.6) is 0 Å². The fourth-order valence-corrected chi connectivity index (χ4v) is 3.66. The van der Waals surface area contributed by atoms with Crippen molar-refractivity contribution >= 4 is 46.7 Å². The van der Waals surface area contributed by atoms with Crippen LogP contribution in [-0.4, -0.2) is 35.4 Å². The Morgan fingerprint density at radius 1 is 1.11 bits per heavy atom. The molecule has 1 heterocycles. The van der Waals surface area contributed by atoms with Crippen molar-refractivity contribution in [3.63, 3.8) is 0 Å². The first kappa shape index (κ1) is 19.6. The van der Waals surface area contributed by atoms with Crippen LogP contribution >= 0.6 is 11.8 Å². The number of nitrogens with one attached hydrogen (secondary N) is 2. The van der Waals surface area contributed by atoms with Crippen molar-refractivity contribution < 1.29 is 23.9 Å². The van der Waals surface area contributed by atoms with Crippen molar-refractivity contribution in [1.82, 2.24) is 0 Å². The zero-order chi connectivity index (χ0) is 20.1. The normalized spacial score (nSPS) is 15.2. The summed E-state index contributed by atoms with van der Waals surface area (Å²) in [5.41, 5.74) is 1.75. The van der Waals surface area contributed by atoms with Gasteiger partial charge in [-0.25, -0.2) is 0 Å². The highest BCUT2D eigenvalue weighted by Crippen LogP contribution is 2.36. The highest BCUT2D eigenvalue weighted by Gasteiger charge is 2.29. The van der Waals surface area contributed by atoms with E-state index in [1.54, 1.807) is 30.3 Å². The van der Waals surface area contributed by atoms with Gasteiger partial charge < -0.3 is 15.4 Å². The first-order chi connectivity index (χ1) is 13.4. The summed E-state index contributed by atoms with van der Waals surface area (Å²) in [5.74, 6) is -1.47. The van der Waals surface area contributed by atoms with E-state index >= 15 is 0 Å². The Balaban J connectivity index is 1.47. The fourth-order valence-electron chi connectivity index (χ4n) is 2.57. The maximum Gasteiger partial charge on any atom is 0.307 e. The van der Waals surface area contributed by atoms with Crippen LogP contribution in [0.15, 0.2) is 53.4 Å². The largest absolute Gasteiger partial charge is 0.456 e. The van der Waals surface area contributed by atoms with E-state index in [0.717, 1.165) is 10.6 Å². The molecule has 0 bridgehead atoms. The van der Waals surface area contributed by atoms with Crippen molar-refractivity contribution in [3.05, 3.63) is 54.1 Å². The molecular weight excluding hydrogens is 380 g/mol. The Bertz CT molecular complexity index is 926. The van der Waals surface area contributed by atoms with E-state index in [2.05, 4.69) is 10.6 Å². The lowest BCUT2D eigenvalue weighted by Crippen LogP contribution is -2.32. The van der Waals surface area contributed by atoms with E-state index in [1.807, 2.05) is 18.2 Å². The van der Waals surface area contributed by atoms with Gasteiger partial charge in [-0.1, -0.05) is 12.1 Å². The molecule has 0 radical (unpaired) electrons. The summed E-state index contributed by atoms with van der Waals surface area (Å²) in [5, 5.41) is 4.72. The minimum Gasteiger partial charge on any atom is -0.456 e. The number of anilines is 2. The first-order valence-corrected chi connectivity index (χ1v) is 9.43. The van der Waals surface area contributed by atoms with Gasteiger partial charge in [0.2, 0.25) is 5.91 Å². The summed E-state index contributed by atoms with van der Waals surface area (Å²) in [7, 11) is 0. The third-order valence-electron chi connectivity index (χ3n) is 4.00. The second-order valence-electron chi connectivity index (χ2n) is 6.14. The summed E-state index contributed by atoms with van der Waals surface area (Å²) >= 11 is 1.29. The van der Waals surface area contributed by atoms with Crippen LogP contribution in [0.3, 0.4) is 0 Å².